The van der Waals surface area contributed by atoms with Crippen molar-refractivity contribution in [3.63, 3.8) is 0 Å². The Kier molecular flexibility index (Phi) is 4.83. The fourth-order valence-electron chi connectivity index (χ4n) is 1.32. The van der Waals surface area contributed by atoms with Gasteiger partial charge in [-0.05, 0) is 13.3 Å². The number of nitrogens with two attached hydrogens (primary N) is 1. The van der Waals surface area contributed by atoms with Crippen LogP contribution in [0.2, 0.25) is 0 Å². The van der Waals surface area contributed by atoms with Gasteiger partial charge in [0.1, 0.15) is 0 Å². The first kappa shape index (κ1) is 11.7. The summed E-state index contributed by atoms with van der Waals surface area (Å²) in [5.41, 5.74) is 6.85. The number of hydrogen-bond acceptors (Lipinski definition) is 4. The summed E-state index contributed by atoms with van der Waals surface area (Å²) in [6.45, 7) is 2.22. The van der Waals surface area contributed by atoms with Crippen LogP contribution in [0, 0.1) is 0 Å². The van der Waals surface area contributed by atoms with E-state index in [1.807, 2.05) is 0 Å². The first-order valence-corrected chi connectivity index (χ1v) is 5.10. The molecular weight excluding hydrogens is 194 g/mol. The van der Waals surface area contributed by atoms with Gasteiger partial charge in [0.15, 0.2) is 0 Å². The van der Waals surface area contributed by atoms with Crippen molar-refractivity contribution in [3.8, 4) is 0 Å². The summed E-state index contributed by atoms with van der Waals surface area (Å²) in [7, 11) is 0. The average molecular weight is 211 g/mol. The molecule has 0 aromatic carbocycles. The molecule has 0 fully saturated rings. The maximum Gasteiger partial charge on any atom is 0.305 e. The average Bonchev–Trinajstić information content (AvgIpc) is 2.68. The lowest BCUT2D eigenvalue weighted by atomic mass is 10.1. The number of nitrogens with one attached hydrogen (secondary N) is 1. The zero-order valence-corrected chi connectivity index (χ0v) is 8.90. The lowest BCUT2D eigenvalue weighted by Crippen LogP contribution is -2.24. The summed E-state index contributed by atoms with van der Waals surface area (Å²) in [5.74, 6) is -0.183. The molecule has 0 spiro atoms. The second kappa shape index (κ2) is 6.19. The van der Waals surface area contributed by atoms with E-state index in [1.54, 1.807) is 19.4 Å². The Morgan fingerprint density at radius 1 is 1.73 bits per heavy atom. The van der Waals surface area contributed by atoms with Gasteiger partial charge in [0.25, 0.3) is 0 Å². The monoisotopic (exact) mass is 211 g/mol. The van der Waals surface area contributed by atoms with Crippen LogP contribution in [-0.4, -0.2) is 28.6 Å². The predicted molar refractivity (Wildman–Crippen MR) is 56.1 cm³/mol. The largest absolute Gasteiger partial charge is 0.466 e. The van der Waals surface area contributed by atoms with Crippen LogP contribution in [0.15, 0.2) is 12.5 Å². The van der Waals surface area contributed by atoms with Crippen molar-refractivity contribution >= 4 is 5.97 Å². The van der Waals surface area contributed by atoms with Crippen LogP contribution in [0.1, 0.15) is 25.5 Å². The maximum absolute atomic E-state index is 11.1. The number of aromatic amines is 1. The fourth-order valence-corrected chi connectivity index (χ4v) is 1.32. The van der Waals surface area contributed by atoms with Crippen LogP contribution in [0.4, 0.5) is 0 Å². The lowest BCUT2D eigenvalue weighted by molar-refractivity contribution is -0.143. The number of rotatable bonds is 6. The summed E-state index contributed by atoms with van der Waals surface area (Å²) in [6.07, 6.45) is 5.08. The molecule has 1 heterocycles. The van der Waals surface area contributed by atoms with Gasteiger partial charge in [-0.25, -0.2) is 4.98 Å². The molecule has 1 rings (SSSR count). The Hall–Kier alpha value is -1.36. The molecule has 0 bridgehead atoms. The van der Waals surface area contributed by atoms with Crippen LogP contribution < -0.4 is 5.73 Å². The molecule has 5 nitrogen and oxygen atoms in total. The minimum atomic E-state index is -0.183. The third kappa shape index (κ3) is 4.60. The number of aromatic nitrogens is 2. The van der Waals surface area contributed by atoms with Gasteiger partial charge in [0.05, 0.1) is 12.9 Å². The second-order valence-corrected chi connectivity index (χ2v) is 3.38. The molecule has 0 aliphatic rings. The number of carbonyl (C=O) groups is 1. The normalized spacial score (nSPS) is 12.4. The van der Waals surface area contributed by atoms with Crippen molar-refractivity contribution in [1.82, 2.24) is 9.97 Å². The highest BCUT2D eigenvalue weighted by Gasteiger charge is 2.08. The Balaban J connectivity index is 2.19. The molecule has 0 aliphatic heterocycles. The summed E-state index contributed by atoms with van der Waals surface area (Å²) in [4.78, 5) is 17.9. The fraction of sp³-hybridized carbons (Fsp3) is 0.600. The highest BCUT2D eigenvalue weighted by molar-refractivity contribution is 5.69. The standard InChI is InChI=1S/C10H17N3O2/c1-2-15-10(14)4-3-8(11)5-9-6-12-7-13-9/h6-8H,2-5,11H2,1H3,(H,12,13). The number of nitrogens with zero attached hydrogens (tertiary/aromatic N) is 1. The zero-order chi connectivity index (χ0) is 11.1. The van der Waals surface area contributed by atoms with Crippen molar-refractivity contribution in [1.29, 1.82) is 0 Å². The minimum Gasteiger partial charge on any atom is -0.466 e. The molecule has 0 aliphatic carbocycles. The maximum atomic E-state index is 11.1. The molecule has 0 radical (unpaired) electrons. The van der Waals surface area contributed by atoms with E-state index in [2.05, 4.69) is 9.97 Å². The van der Waals surface area contributed by atoms with Gasteiger partial charge in [0, 0.05) is 30.8 Å². The van der Waals surface area contributed by atoms with E-state index in [9.17, 15) is 4.79 Å². The molecule has 0 amide bonds. The Morgan fingerprint density at radius 2 is 2.53 bits per heavy atom. The molecule has 1 atom stereocenters. The van der Waals surface area contributed by atoms with Crippen LogP contribution >= 0.6 is 0 Å². The third-order valence-electron chi connectivity index (χ3n) is 2.06. The van der Waals surface area contributed by atoms with E-state index in [1.165, 1.54) is 0 Å². The Labute approximate surface area is 89.0 Å². The molecule has 3 N–H and O–H groups in total. The SMILES string of the molecule is CCOC(=O)CCC(N)Cc1cnc[nH]1. The smallest absolute Gasteiger partial charge is 0.305 e. The molecule has 5 heteroatoms. The van der Waals surface area contributed by atoms with Crippen LogP contribution in [0.5, 0.6) is 0 Å². The summed E-state index contributed by atoms with van der Waals surface area (Å²) >= 11 is 0. The summed E-state index contributed by atoms with van der Waals surface area (Å²) < 4.78 is 4.81. The van der Waals surface area contributed by atoms with E-state index in [0.717, 1.165) is 5.69 Å². The minimum absolute atomic E-state index is 0.0325. The van der Waals surface area contributed by atoms with Crippen LogP contribution in [-0.2, 0) is 16.0 Å². The Morgan fingerprint density at radius 3 is 3.13 bits per heavy atom. The molecular formula is C10H17N3O2. The number of carbonyl (C=O) groups excluding carboxylic acids is 1. The van der Waals surface area contributed by atoms with Crippen molar-refractivity contribution in [2.45, 2.75) is 32.2 Å². The molecule has 1 unspecified atom stereocenters. The number of esters is 1. The predicted octanol–water partition coefficient (Wildman–Crippen LogP) is 0.623. The van der Waals surface area contributed by atoms with Crippen molar-refractivity contribution in [2.75, 3.05) is 6.61 Å². The van der Waals surface area contributed by atoms with Gasteiger partial charge in [-0.1, -0.05) is 0 Å². The number of H-pyrrole nitrogens is 1. The molecule has 0 saturated heterocycles. The first-order chi connectivity index (χ1) is 7.22. The molecule has 1 aromatic rings. The number of hydrogen-bond donors (Lipinski definition) is 2. The second-order valence-electron chi connectivity index (χ2n) is 3.38. The quantitative estimate of drug-likeness (QED) is 0.676. The van der Waals surface area contributed by atoms with Gasteiger partial charge >= 0.3 is 5.97 Å². The van der Waals surface area contributed by atoms with Gasteiger partial charge in [-0.15, -0.1) is 0 Å². The molecule has 1 aromatic heterocycles. The molecule has 0 saturated carbocycles. The highest BCUT2D eigenvalue weighted by Crippen LogP contribution is 2.03. The summed E-state index contributed by atoms with van der Waals surface area (Å²) in [6, 6.07) is -0.0325. The van der Waals surface area contributed by atoms with E-state index in [-0.39, 0.29) is 12.0 Å². The van der Waals surface area contributed by atoms with Crippen LogP contribution in [0.3, 0.4) is 0 Å². The van der Waals surface area contributed by atoms with Gasteiger partial charge in [-0.2, -0.15) is 0 Å². The summed E-state index contributed by atoms with van der Waals surface area (Å²) in [5, 5.41) is 0. The first-order valence-electron chi connectivity index (χ1n) is 5.10. The van der Waals surface area contributed by atoms with Crippen molar-refractivity contribution in [2.24, 2.45) is 5.73 Å². The van der Waals surface area contributed by atoms with E-state index in [4.69, 9.17) is 10.5 Å². The van der Waals surface area contributed by atoms with Gasteiger partial charge in [0.2, 0.25) is 0 Å². The zero-order valence-electron chi connectivity index (χ0n) is 8.90. The van der Waals surface area contributed by atoms with E-state index < -0.39 is 0 Å². The lowest BCUT2D eigenvalue weighted by Gasteiger charge is -2.09. The van der Waals surface area contributed by atoms with E-state index >= 15 is 0 Å². The Bertz CT molecular complexity index is 285. The molecule has 15 heavy (non-hydrogen) atoms. The number of imidazole rings is 1. The molecule has 84 valence electrons. The van der Waals surface area contributed by atoms with Crippen LogP contribution in [0.25, 0.3) is 0 Å². The van der Waals surface area contributed by atoms with Crippen molar-refractivity contribution < 1.29 is 9.53 Å². The van der Waals surface area contributed by atoms with E-state index in [0.29, 0.717) is 25.9 Å². The highest BCUT2D eigenvalue weighted by atomic mass is 16.5. The van der Waals surface area contributed by atoms with Gasteiger partial charge < -0.3 is 15.5 Å². The topological polar surface area (TPSA) is 81.0 Å². The van der Waals surface area contributed by atoms with Gasteiger partial charge in [-0.3, -0.25) is 4.79 Å². The third-order valence-corrected chi connectivity index (χ3v) is 2.06. The number of ether oxygens (including phenoxy) is 1. The van der Waals surface area contributed by atoms with Crippen molar-refractivity contribution in [3.05, 3.63) is 18.2 Å².